The lowest BCUT2D eigenvalue weighted by atomic mass is 10.1. The Hall–Kier alpha value is 0.0700. The Balaban J connectivity index is 0. The zero-order valence-electron chi connectivity index (χ0n) is 8.81. The minimum atomic E-state index is -4.23. The van der Waals surface area contributed by atoms with E-state index in [0.717, 1.165) is 19.3 Å². The first-order valence-corrected chi connectivity index (χ1v) is 6.29. The predicted molar refractivity (Wildman–Crippen MR) is 56.4 cm³/mol. The fraction of sp³-hybridized carbons (Fsp3) is 1.00. The quantitative estimate of drug-likeness (QED) is 0.437. The molecule has 0 aromatic carbocycles. The van der Waals surface area contributed by atoms with Crippen molar-refractivity contribution in [2.45, 2.75) is 45.4 Å². The van der Waals surface area contributed by atoms with Crippen LogP contribution < -0.4 is 6.15 Å². The first-order chi connectivity index (χ1) is 6.06. The SMILES string of the molecule is CCCCCCCCOP(=O)(O)O.N. The number of unbranched alkanes of at least 4 members (excludes halogenated alkanes) is 5. The molecule has 0 bridgehead atoms. The molecule has 0 spiro atoms. The average Bonchev–Trinajstić information content (AvgIpc) is 2.01. The molecule has 0 radical (unpaired) electrons. The molecule has 0 unspecified atom stereocenters. The normalized spacial score (nSPS) is 11.1. The Morgan fingerprint density at radius 3 is 2.07 bits per heavy atom. The zero-order chi connectivity index (χ0) is 10.2. The Labute approximate surface area is 85.7 Å². The second kappa shape index (κ2) is 9.62. The second-order valence-electron chi connectivity index (χ2n) is 3.09. The molecule has 88 valence electrons. The monoisotopic (exact) mass is 227 g/mol. The number of phosphoric acid groups is 1. The van der Waals surface area contributed by atoms with Crippen LogP contribution in [0.2, 0.25) is 0 Å². The maximum absolute atomic E-state index is 10.2. The van der Waals surface area contributed by atoms with Gasteiger partial charge in [0.2, 0.25) is 0 Å². The highest BCUT2D eigenvalue weighted by Crippen LogP contribution is 2.35. The second-order valence-corrected chi connectivity index (χ2v) is 4.33. The summed E-state index contributed by atoms with van der Waals surface area (Å²) in [6, 6.07) is 0. The third-order valence-corrected chi connectivity index (χ3v) is 2.28. The Morgan fingerprint density at radius 1 is 1.07 bits per heavy atom. The Bertz CT molecular complexity index is 159. The van der Waals surface area contributed by atoms with Crippen molar-refractivity contribution in [1.29, 1.82) is 0 Å². The lowest BCUT2D eigenvalue weighted by Gasteiger charge is -2.04. The molecule has 0 saturated heterocycles. The van der Waals surface area contributed by atoms with Crippen LogP contribution in [-0.4, -0.2) is 16.4 Å². The molecule has 0 aromatic rings. The van der Waals surface area contributed by atoms with Crippen LogP contribution in [0.3, 0.4) is 0 Å². The van der Waals surface area contributed by atoms with Gasteiger partial charge in [0.15, 0.2) is 0 Å². The molecule has 0 aliphatic carbocycles. The van der Waals surface area contributed by atoms with Crippen molar-refractivity contribution >= 4 is 7.82 Å². The number of hydrogen-bond acceptors (Lipinski definition) is 3. The summed E-state index contributed by atoms with van der Waals surface area (Å²) in [7, 11) is -4.23. The third-order valence-electron chi connectivity index (χ3n) is 1.76. The molecule has 0 saturated carbocycles. The van der Waals surface area contributed by atoms with Gasteiger partial charge >= 0.3 is 7.82 Å². The van der Waals surface area contributed by atoms with Crippen LogP contribution in [0.5, 0.6) is 0 Å². The van der Waals surface area contributed by atoms with Gasteiger partial charge in [0.05, 0.1) is 6.61 Å². The topological polar surface area (TPSA) is 102 Å². The standard InChI is InChI=1S/C8H19O4P.H3N/c1-2-3-4-5-6-7-8-12-13(9,10)11;/h2-8H2,1H3,(H2,9,10,11);1H3. The summed E-state index contributed by atoms with van der Waals surface area (Å²) < 4.78 is 14.5. The summed E-state index contributed by atoms with van der Waals surface area (Å²) in [5.74, 6) is 0. The summed E-state index contributed by atoms with van der Waals surface area (Å²) in [5, 5.41) is 0. The number of rotatable bonds is 8. The maximum atomic E-state index is 10.2. The predicted octanol–water partition coefficient (Wildman–Crippen LogP) is 2.62. The number of phosphoric ester groups is 1. The van der Waals surface area contributed by atoms with Crippen LogP contribution in [0, 0.1) is 0 Å². The van der Waals surface area contributed by atoms with E-state index < -0.39 is 7.82 Å². The fourth-order valence-corrected chi connectivity index (χ4v) is 1.43. The van der Waals surface area contributed by atoms with Gasteiger partial charge < -0.3 is 15.9 Å². The van der Waals surface area contributed by atoms with Gasteiger partial charge in [-0.05, 0) is 6.42 Å². The van der Waals surface area contributed by atoms with Crippen molar-refractivity contribution in [1.82, 2.24) is 6.15 Å². The molecule has 0 amide bonds. The number of hydrogen-bond donors (Lipinski definition) is 3. The molecule has 0 atom stereocenters. The fourth-order valence-electron chi connectivity index (χ4n) is 1.07. The van der Waals surface area contributed by atoms with E-state index in [9.17, 15) is 4.57 Å². The van der Waals surface area contributed by atoms with Gasteiger partial charge in [0.1, 0.15) is 0 Å². The summed E-state index contributed by atoms with van der Waals surface area (Å²) in [4.78, 5) is 16.7. The minimum Gasteiger partial charge on any atom is -0.344 e. The molecular weight excluding hydrogens is 205 g/mol. The highest BCUT2D eigenvalue weighted by molar-refractivity contribution is 7.46. The highest BCUT2D eigenvalue weighted by atomic mass is 31.2. The minimum absolute atomic E-state index is 0. The van der Waals surface area contributed by atoms with E-state index >= 15 is 0 Å². The molecule has 0 fully saturated rings. The van der Waals surface area contributed by atoms with E-state index in [0.29, 0.717) is 0 Å². The summed E-state index contributed by atoms with van der Waals surface area (Å²) in [6.07, 6.45) is 6.48. The summed E-state index contributed by atoms with van der Waals surface area (Å²) >= 11 is 0. The molecule has 0 heterocycles. The van der Waals surface area contributed by atoms with Gasteiger partial charge in [-0.2, -0.15) is 0 Å². The van der Waals surface area contributed by atoms with Crippen molar-refractivity contribution < 1.29 is 18.9 Å². The lowest BCUT2D eigenvalue weighted by molar-refractivity contribution is 0.193. The molecule has 6 heteroatoms. The zero-order valence-corrected chi connectivity index (χ0v) is 9.71. The van der Waals surface area contributed by atoms with Crippen LogP contribution in [-0.2, 0) is 9.09 Å². The van der Waals surface area contributed by atoms with Gasteiger partial charge in [-0.3, -0.25) is 4.52 Å². The third kappa shape index (κ3) is 14.6. The van der Waals surface area contributed by atoms with E-state index in [-0.39, 0.29) is 12.8 Å². The molecule has 14 heavy (non-hydrogen) atoms. The van der Waals surface area contributed by atoms with Crippen LogP contribution in [0.4, 0.5) is 0 Å². The van der Waals surface area contributed by atoms with Crippen molar-refractivity contribution in [2.24, 2.45) is 0 Å². The molecule has 0 aliphatic heterocycles. The average molecular weight is 227 g/mol. The van der Waals surface area contributed by atoms with Gasteiger partial charge in [-0.15, -0.1) is 0 Å². The van der Waals surface area contributed by atoms with E-state index in [1.807, 2.05) is 0 Å². The van der Waals surface area contributed by atoms with Crippen LogP contribution >= 0.6 is 7.82 Å². The van der Waals surface area contributed by atoms with E-state index in [1.165, 1.54) is 19.3 Å². The Morgan fingerprint density at radius 2 is 1.57 bits per heavy atom. The van der Waals surface area contributed by atoms with Gasteiger partial charge in [-0.1, -0.05) is 39.0 Å². The van der Waals surface area contributed by atoms with Crippen LogP contribution in [0.15, 0.2) is 0 Å². The van der Waals surface area contributed by atoms with Crippen LogP contribution in [0.25, 0.3) is 0 Å². The van der Waals surface area contributed by atoms with Gasteiger partial charge in [0.25, 0.3) is 0 Å². The van der Waals surface area contributed by atoms with Crippen molar-refractivity contribution in [2.75, 3.05) is 6.61 Å². The molecular formula is C8H22NO4P. The largest absolute Gasteiger partial charge is 0.469 e. The Kier molecular flexibility index (Phi) is 11.3. The first-order valence-electron chi connectivity index (χ1n) is 4.76. The molecule has 5 nitrogen and oxygen atoms in total. The molecule has 0 rings (SSSR count). The molecule has 5 N–H and O–H groups in total. The van der Waals surface area contributed by atoms with Gasteiger partial charge in [-0.25, -0.2) is 4.57 Å². The van der Waals surface area contributed by atoms with Gasteiger partial charge in [0, 0.05) is 0 Å². The lowest BCUT2D eigenvalue weighted by Crippen LogP contribution is -1.92. The van der Waals surface area contributed by atoms with Crippen molar-refractivity contribution in [3.63, 3.8) is 0 Å². The first kappa shape index (κ1) is 16.5. The molecule has 0 aromatic heterocycles. The van der Waals surface area contributed by atoms with E-state index in [1.54, 1.807) is 0 Å². The van der Waals surface area contributed by atoms with Crippen molar-refractivity contribution in [3.8, 4) is 0 Å². The summed E-state index contributed by atoms with van der Waals surface area (Å²) in [6.45, 7) is 2.31. The maximum Gasteiger partial charge on any atom is 0.469 e. The highest BCUT2D eigenvalue weighted by Gasteiger charge is 2.12. The molecule has 0 aliphatic rings. The van der Waals surface area contributed by atoms with Crippen LogP contribution in [0.1, 0.15) is 45.4 Å². The van der Waals surface area contributed by atoms with Crippen molar-refractivity contribution in [3.05, 3.63) is 0 Å². The van der Waals surface area contributed by atoms with E-state index in [2.05, 4.69) is 11.4 Å². The summed E-state index contributed by atoms with van der Waals surface area (Å²) in [5.41, 5.74) is 0. The smallest absolute Gasteiger partial charge is 0.344 e. The van der Waals surface area contributed by atoms with E-state index in [4.69, 9.17) is 9.79 Å².